The van der Waals surface area contributed by atoms with Crippen LogP contribution >= 0.6 is 11.8 Å². The number of amides is 1. The summed E-state index contributed by atoms with van der Waals surface area (Å²) >= 11 is 1.45. The smallest absolute Gasteiger partial charge is 0.226 e. The lowest BCUT2D eigenvalue weighted by Crippen LogP contribution is -2.12. The molecule has 8 nitrogen and oxygen atoms in total. The second-order valence-electron chi connectivity index (χ2n) is 3.93. The molecule has 2 aromatic rings. The lowest BCUT2D eigenvalue weighted by molar-refractivity contribution is -0.118. The van der Waals surface area contributed by atoms with Crippen LogP contribution in [0.2, 0.25) is 0 Å². The average Bonchev–Trinajstić information content (AvgIpc) is 2.91. The Balaban J connectivity index is 1.95. The lowest BCUT2D eigenvalue weighted by Gasteiger charge is -2.01. The van der Waals surface area contributed by atoms with Gasteiger partial charge in [0.2, 0.25) is 17.7 Å². The Hall–Kier alpha value is -1.90. The highest BCUT2D eigenvalue weighted by atomic mass is 32.2. The van der Waals surface area contributed by atoms with Crippen molar-refractivity contribution in [1.29, 1.82) is 0 Å². The number of aromatic nitrogens is 5. The number of nitrogens with two attached hydrogens (primary N) is 1. The van der Waals surface area contributed by atoms with E-state index in [-0.39, 0.29) is 12.3 Å². The third-order valence-electron chi connectivity index (χ3n) is 2.41. The second-order valence-corrected chi connectivity index (χ2v) is 4.87. The van der Waals surface area contributed by atoms with Crippen molar-refractivity contribution in [3.63, 3.8) is 0 Å². The Bertz CT molecular complexity index is 578. The highest BCUT2D eigenvalue weighted by Gasteiger charge is 2.12. The molecule has 0 atom stereocenters. The molecule has 102 valence electrons. The van der Waals surface area contributed by atoms with Crippen LogP contribution in [0.5, 0.6) is 0 Å². The molecule has 0 bridgehead atoms. The largest absolute Gasteiger partial charge is 0.425 e. The van der Waals surface area contributed by atoms with Gasteiger partial charge in [0.25, 0.3) is 0 Å². The van der Waals surface area contributed by atoms with E-state index in [1.165, 1.54) is 11.8 Å². The van der Waals surface area contributed by atoms with E-state index in [1.54, 1.807) is 6.92 Å². The first-order valence-corrected chi connectivity index (χ1v) is 6.63. The maximum atomic E-state index is 10.7. The zero-order chi connectivity index (χ0) is 13.8. The van der Waals surface area contributed by atoms with Gasteiger partial charge in [-0.1, -0.05) is 11.8 Å². The third-order valence-corrected chi connectivity index (χ3v) is 3.42. The summed E-state index contributed by atoms with van der Waals surface area (Å²) in [6.07, 6.45) is 0.749. The molecule has 0 fully saturated rings. The molecule has 0 aliphatic carbocycles. The van der Waals surface area contributed by atoms with Gasteiger partial charge >= 0.3 is 0 Å². The van der Waals surface area contributed by atoms with Gasteiger partial charge in [0.1, 0.15) is 5.82 Å². The molecule has 0 spiro atoms. The van der Waals surface area contributed by atoms with Crippen molar-refractivity contribution in [3.8, 4) is 0 Å². The van der Waals surface area contributed by atoms with E-state index in [1.807, 2.05) is 11.6 Å². The van der Waals surface area contributed by atoms with Crippen LogP contribution < -0.4 is 5.73 Å². The number of nitrogens with zero attached hydrogens (tertiary/aromatic N) is 5. The molecule has 2 heterocycles. The molecule has 19 heavy (non-hydrogen) atoms. The minimum absolute atomic E-state index is 0.263. The Morgan fingerprint density at radius 1 is 1.37 bits per heavy atom. The van der Waals surface area contributed by atoms with E-state index >= 15 is 0 Å². The van der Waals surface area contributed by atoms with E-state index in [0.717, 1.165) is 11.0 Å². The number of carbonyl (C=O) groups is 1. The van der Waals surface area contributed by atoms with E-state index in [9.17, 15) is 4.79 Å². The monoisotopic (exact) mass is 282 g/mol. The fourth-order valence-corrected chi connectivity index (χ4v) is 2.21. The first kappa shape index (κ1) is 13.5. The number of carbonyl (C=O) groups excluding carboxylic acids is 1. The van der Waals surface area contributed by atoms with Crippen LogP contribution in [-0.4, -0.2) is 30.9 Å². The molecule has 0 aliphatic heterocycles. The lowest BCUT2D eigenvalue weighted by atomic mass is 10.3. The molecule has 2 rings (SSSR count). The molecule has 2 aromatic heterocycles. The highest BCUT2D eigenvalue weighted by molar-refractivity contribution is 7.98. The van der Waals surface area contributed by atoms with Crippen LogP contribution in [0.1, 0.15) is 24.0 Å². The SMILES string of the molecule is Cc1nnc(CSc2nnc(CCC(N)=O)n2C)o1. The summed E-state index contributed by atoms with van der Waals surface area (Å²) in [4.78, 5) is 10.7. The van der Waals surface area contributed by atoms with Crippen molar-refractivity contribution in [2.45, 2.75) is 30.7 Å². The molecule has 0 aromatic carbocycles. The first-order chi connectivity index (χ1) is 9.06. The van der Waals surface area contributed by atoms with Crippen molar-refractivity contribution < 1.29 is 9.21 Å². The molecule has 0 aliphatic rings. The van der Waals surface area contributed by atoms with Gasteiger partial charge in [0, 0.05) is 26.8 Å². The molecule has 0 saturated carbocycles. The van der Waals surface area contributed by atoms with Gasteiger partial charge in [0.15, 0.2) is 5.16 Å². The van der Waals surface area contributed by atoms with Crippen LogP contribution in [0.25, 0.3) is 0 Å². The van der Waals surface area contributed by atoms with Gasteiger partial charge in [-0.25, -0.2) is 0 Å². The van der Waals surface area contributed by atoms with Crippen LogP contribution in [0, 0.1) is 6.92 Å². The summed E-state index contributed by atoms with van der Waals surface area (Å²) < 4.78 is 7.10. The zero-order valence-electron chi connectivity index (χ0n) is 10.7. The molecule has 9 heteroatoms. The fraction of sp³-hybridized carbons (Fsp3) is 0.500. The van der Waals surface area contributed by atoms with Crippen LogP contribution in [0.4, 0.5) is 0 Å². The van der Waals surface area contributed by atoms with E-state index in [2.05, 4.69) is 20.4 Å². The number of aryl methyl sites for hydroxylation is 2. The number of thioether (sulfide) groups is 1. The van der Waals surface area contributed by atoms with Crippen LogP contribution in [-0.2, 0) is 24.0 Å². The summed E-state index contributed by atoms with van der Waals surface area (Å²) in [7, 11) is 1.84. The topological polar surface area (TPSA) is 113 Å². The van der Waals surface area contributed by atoms with Crippen LogP contribution in [0.15, 0.2) is 9.57 Å². The number of primary amides is 1. The average molecular weight is 282 g/mol. The molecule has 2 N–H and O–H groups in total. The Morgan fingerprint density at radius 3 is 2.79 bits per heavy atom. The third kappa shape index (κ3) is 3.53. The van der Waals surface area contributed by atoms with Crippen molar-refractivity contribution in [1.82, 2.24) is 25.0 Å². The summed E-state index contributed by atoms with van der Waals surface area (Å²) in [5, 5.41) is 16.5. The predicted molar refractivity (Wildman–Crippen MR) is 67.1 cm³/mol. The highest BCUT2D eigenvalue weighted by Crippen LogP contribution is 2.20. The summed E-state index contributed by atoms with van der Waals surface area (Å²) in [5.74, 6) is 1.99. The molecule has 0 saturated heterocycles. The summed E-state index contributed by atoms with van der Waals surface area (Å²) in [5.41, 5.74) is 5.10. The van der Waals surface area contributed by atoms with Gasteiger partial charge in [-0.05, 0) is 0 Å². The molecule has 0 unspecified atom stereocenters. The van der Waals surface area contributed by atoms with Gasteiger partial charge in [-0.15, -0.1) is 20.4 Å². The minimum atomic E-state index is -0.349. The van der Waals surface area contributed by atoms with E-state index < -0.39 is 0 Å². The Labute approximate surface area is 113 Å². The number of rotatable bonds is 6. The van der Waals surface area contributed by atoms with Crippen molar-refractivity contribution in [2.24, 2.45) is 12.8 Å². The molecule has 1 amide bonds. The van der Waals surface area contributed by atoms with Crippen molar-refractivity contribution >= 4 is 17.7 Å². The standard InChI is InChI=1S/C10H14N6O2S/c1-6-12-14-9(18-6)5-19-10-15-13-8(16(10)2)4-3-7(11)17/h3-5H2,1-2H3,(H2,11,17). The van der Waals surface area contributed by atoms with E-state index in [0.29, 0.717) is 24.0 Å². The van der Waals surface area contributed by atoms with Gasteiger partial charge < -0.3 is 14.7 Å². The Kier molecular flexibility index (Phi) is 4.15. The summed E-state index contributed by atoms with van der Waals surface area (Å²) in [6.45, 7) is 1.74. The second kappa shape index (κ2) is 5.83. The van der Waals surface area contributed by atoms with Crippen LogP contribution in [0.3, 0.4) is 0 Å². The zero-order valence-corrected chi connectivity index (χ0v) is 11.5. The predicted octanol–water partition coefficient (Wildman–Crippen LogP) is 0.217. The minimum Gasteiger partial charge on any atom is -0.425 e. The maximum absolute atomic E-state index is 10.7. The van der Waals surface area contributed by atoms with Crippen molar-refractivity contribution in [2.75, 3.05) is 0 Å². The summed E-state index contributed by atoms with van der Waals surface area (Å²) in [6, 6.07) is 0. The van der Waals surface area contributed by atoms with Gasteiger partial charge in [-0.3, -0.25) is 4.79 Å². The van der Waals surface area contributed by atoms with Gasteiger partial charge in [-0.2, -0.15) is 0 Å². The van der Waals surface area contributed by atoms with Gasteiger partial charge in [0.05, 0.1) is 5.75 Å². The van der Waals surface area contributed by atoms with Crippen molar-refractivity contribution in [3.05, 3.63) is 17.6 Å². The first-order valence-electron chi connectivity index (χ1n) is 5.64. The normalized spacial score (nSPS) is 10.8. The fourth-order valence-electron chi connectivity index (χ4n) is 1.45. The molecular formula is C10H14N6O2S. The number of hydrogen-bond acceptors (Lipinski definition) is 7. The van der Waals surface area contributed by atoms with E-state index in [4.69, 9.17) is 10.2 Å². The maximum Gasteiger partial charge on any atom is 0.226 e. The Morgan fingerprint density at radius 2 is 2.16 bits per heavy atom. The molecule has 0 radical (unpaired) electrons. The number of hydrogen-bond donors (Lipinski definition) is 1. The quantitative estimate of drug-likeness (QED) is 0.754. The molecular weight excluding hydrogens is 268 g/mol.